The van der Waals surface area contributed by atoms with Crippen molar-refractivity contribution in [2.75, 3.05) is 23.3 Å². The molecule has 2 aliphatic rings. The number of fused-ring (bicyclic) bond motifs is 1. The number of anilines is 3. The van der Waals surface area contributed by atoms with Crippen molar-refractivity contribution in [2.24, 2.45) is 5.92 Å². The summed E-state index contributed by atoms with van der Waals surface area (Å²) in [5.74, 6) is -1.87. The molecule has 1 aromatic carbocycles. The molecule has 39 heavy (non-hydrogen) atoms. The van der Waals surface area contributed by atoms with Crippen molar-refractivity contribution in [3.63, 3.8) is 0 Å². The third kappa shape index (κ3) is 5.89. The zero-order valence-electron chi connectivity index (χ0n) is 21.3. The van der Waals surface area contributed by atoms with Gasteiger partial charge in [-0.1, -0.05) is 17.7 Å². The minimum absolute atomic E-state index is 0.0314. The second-order valence-corrected chi connectivity index (χ2v) is 10.7. The number of alkyl halides is 2. The molecule has 5 rings (SSSR count). The van der Waals surface area contributed by atoms with Crippen LogP contribution < -0.4 is 27.7 Å². The number of benzene rings is 1. The van der Waals surface area contributed by atoms with Gasteiger partial charge in [0.05, 0.1) is 22.0 Å². The maximum Gasteiger partial charge on any atom is 0.262 e. The molecule has 206 valence electrons. The van der Waals surface area contributed by atoms with Gasteiger partial charge in [0.25, 0.3) is 5.56 Å². The molecule has 0 saturated heterocycles. The Kier molecular flexibility index (Phi) is 7.55. The third-order valence-corrected chi connectivity index (χ3v) is 7.72. The van der Waals surface area contributed by atoms with Crippen molar-refractivity contribution in [3.05, 3.63) is 45.0 Å². The molecule has 10 nitrogen and oxygen atoms in total. The molecule has 0 aliphatic heterocycles. The van der Waals surface area contributed by atoms with Crippen molar-refractivity contribution in [1.29, 1.82) is 5.26 Å². The zero-order chi connectivity index (χ0) is 27.7. The number of nitrogens with two attached hydrogens (primary N) is 2. The Hall–Kier alpha value is -3.56. The van der Waals surface area contributed by atoms with Gasteiger partial charge in [-0.2, -0.15) is 15.2 Å². The van der Waals surface area contributed by atoms with Crippen LogP contribution in [0, 0.1) is 17.2 Å². The number of hydrogen-bond acceptors (Lipinski definition) is 9. The molecular formula is C26H30ClF2N9O. The van der Waals surface area contributed by atoms with E-state index in [1.165, 1.54) is 0 Å². The first-order valence-electron chi connectivity index (χ1n) is 13.1. The number of aromatic nitrogens is 4. The Morgan fingerprint density at radius 2 is 1.92 bits per heavy atom. The first kappa shape index (κ1) is 27.0. The van der Waals surface area contributed by atoms with E-state index < -0.39 is 12.0 Å². The summed E-state index contributed by atoms with van der Waals surface area (Å²) >= 11 is 6.41. The van der Waals surface area contributed by atoms with E-state index >= 15 is 0 Å². The molecular weight excluding hydrogens is 528 g/mol. The molecule has 13 heteroatoms. The zero-order valence-corrected chi connectivity index (χ0v) is 22.0. The highest BCUT2D eigenvalue weighted by atomic mass is 35.5. The molecule has 2 fully saturated rings. The molecule has 0 spiro atoms. The smallest absolute Gasteiger partial charge is 0.262 e. The highest BCUT2D eigenvalue weighted by Crippen LogP contribution is 2.43. The molecule has 1 unspecified atom stereocenters. The van der Waals surface area contributed by atoms with Crippen molar-refractivity contribution < 1.29 is 8.78 Å². The molecule has 2 aliphatic carbocycles. The van der Waals surface area contributed by atoms with E-state index in [-0.39, 0.29) is 53.5 Å². The van der Waals surface area contributed by atoms with Gasteiger partial charge >= 0.3 is 0 Å². The average molecular weight is 558 g/mol. The van der Waals surface area contributed by atoms with Gasteiger partial charge in [-0.25, -0.2) is 13.8 Å². The first-order chi connectivity index (χ1) is 18.7. The molecule has 2 saturated carbocycles. The summed E-state index contributed by atoms with van der Waals surface area (Å²) in [4.78, 5) is 26.7. The lowest BCUT2D eigenvalue weighted by Crippen LogP contribution is -2.38. The Labute approximate surface area is 228 Å². The van der Waals surface area contributed by atoms with Crippen LogP contribution in [0.5, 0.6) is 0 Å². The molecule has 2 aromatic heterocycles. The number of rotatable bonds is 9. The topological polar surface area (TPSA) is 161 Å². The first-order valence-corrected chi connectivity index (χ1v) is 13.4. The van der Waals surface area contributed by atoms with Crippen LogP contribution in [-0.2, 0) is 6.54 Å². The van der Waals surface area contributed by atoms with Crippen LogP contribution in [-0.4, -0.2) is 38.0 Å². The Bertz CT molecular complexity index is 1480. The fourth-order valence-corrected chi connectivity index (χ4v) is 5.41. The molecule has 1 atom stereocenters. The number of nitrogens with one attached hydrogen (secondary N) is 2. The van der Waals surface area contributed by atoms with E-state index in [1.54, 1.807) is 22.8 Å². The van der Waals surface area contributed by atoms with Gasteiger partial charge in [0.2, 0.25) is 11.9 Å². The number of nitrogens with zero attached hydrogens (tertiary/aromatic N) is 5. The van der Waals surface area contributed by atoms with Crippen LogP contribution in [0.1, 0.15) is 62.4 Å². The van der Waals surface area contributed by atoms with Gasteiger partial charge in [-0.15, -0.1) is 0 Å². The maximum absolute atomic E-state index is 13.8. The molecule has 0 amide bonds. The lowest BCUT2D eigenvalue weighted by molar-refractivity contribution is -0.0403. The van der Waals surface area contributed by atoms with Gasteiger partial charge in [0, 0.05) is 25.4 Å². The second-order valence-electron chi connectivity index (χ2n) is 10.3. The lowest BCUT2D eigenvalue weighted by Gasteiger charge is -2.29. The van der Waals surface area contributed by atoms with Crippen molar-refractivity contribution >= 4 is 40.1 Å². The van der Waals surface area contributed by atoms with Gasteiger partial charge in [-0.05, 0) is 56.7 Å². The van der Waals surface area contributed by atoms with Crippen molar-refractivity contribution in [3.8, 4) is 6.07 Å². The summed E-state index contributed by atoms with van der Waals surface area (Å²) in [6.07, 6.45) is 2.99. The predicted molar refractivity (Wildman–Crippen MR) is 145 cm³/mol. The van der Waals surface area contributed by atoms with Crippen molar-refractivity contribution in [1.82, 2.24) is 24.8 Å². The van der Waals surface area contributed by atoms with Crippen LogP contribution in [0.15, 0.2) is 23.0 Å². The number of halogens is 3. The Morgan fingerprint density at radius 3 is 2.62 bits per heavy atom. The quantitative estimate of drug-likeness (QED) is 0.285. The van der Waals surface area contributed by atoms with Gasteiger partial charge in [0.1, 0.15) is 23.3 Å². The van der Waals surface area contributed by atoms with Gasteiger partial charge in [-0.3, -0.25) is 9.36 Å². The van der Waals surface area contributed by atoms with E-state index in [1.807, 2.05) is 6.07 Å². The van der Waals surface area contributed by atoms with E-state index in [0.29, 0.717) is 54.1 Å². The second kappa shape index (κ2) is 10.9. The Morgan fingerprint density at radius 1 is 1.18 bits per heavy atom. The molecule has 3 aromatic rings. The standard InChI is InChI=1S/C26H30ClF2N9O/c27-17-3-1-4-18-19(17)24(39)38(12-2-11-33-15-7-9-26(28,29)10-8-15)23(34-18)20(14-5-6-14)35-22-16(13-30)21(31)36-25(32)37-22/h1,3-4,14-15,20,33H,2,5-12H2,(H5,31,32,35,36,37). The maximum atomic E-state index is 13.8. The normalized spacial score (nSPS) is 18.1. The summed E-state index contributed by atoms with van der Waals surface area (Å²) in [6, 6.07) is 6.73. The summed E-state index contributed by atoms with van der Waals surface area (Å²) < 4.78 is 28.6. The summed E-state index contributed by atoms with van der Waals surface area (Å²) in [6.45, 7) is 0.893. The fourth-order valence-electron chi connectivity index (χ4n) is 5.16. The van der Waals surface area contributed by atoms with Crippen LogP contribution in [0.2, 0.25) is 5.02 Å². The third-order valence-electron chi connectivity index (χ3n) is 7.40. The van der Waals surface area contributed by atoms with E-state index in [2.05, 4.69) is 20.6 Å². The summed E-state index contributed by atoms with van der Waals surface area (Å²) in [5.41, 5.74) is 12.0. The highest BCUT2D eigenvalue weighted by molar-refractivity contribution is 6.35. The largest absolute Gasteiger partial charge is 0.382 e. The van der Waals surface area contributed by atoms with Gasteiger partial charge in [0.15, 0.2) is 5.82 Å². The van der Waals surface area contributed by atoms with Crippen LogP contribution in [0.25, 0.3) is 10.9 Å². The van der Waals surface area contributed by atoms with Crippen LogP contribution in [0.4, 0.5) is 26.4 Å². The summed E-state index contributed by atoms with van der Waals surface area (Å²) in [7, 11) is 0. The Balaban J connectivity index is 1.45. The minimum atomic E-state index is -2.58. The highest BCUT2D eigenvalue weighted by Gasteiger charge is 2.37. The molecule has 6 N–H and O–H groups in total. The van der Waals surface area contributed by atoms with Crippen molar-refractivity contribution in [2.45, 2.75) is 69.5 Å². The minimum Gasteiger partial charge on any atom is -0.382 e. The summed E-state index contributed by atoms with van der Waals surface area (Å²) in [5, 5.41) is 16.9. The molecule has 2 heterocycles. The van der Waals surface area contributed by atoms with Gasteiger partial charge < -0.3 is 22.1 Å². The van der Waals surface area contributed by atoms with Crippen LogP contribution in [0.3, 0.4) is 0 Å². The van der Waals surface area contributed by atoms with E-state index in [0.717, 1.165) is 12.8 Å². The molecule has 0 bridgehead atoms. The van der Waals surface area contributed by atoms with Crippen LogP contribution >= 0.6 is 11.6 Å². The SMILES string of the molecule is N#Cc1c(N)nc(N)nc1NC(c1nc2cccc(Cl)c2c(=O)n1CCCNC1CCC(F)(F)CC1)C1CC1. The number of nitrogen functional groups attached to an aromatic ring is 2. The van der Waals surface area contributed by atoms with E-state index in [4.69, 9.17) is 28.1 Å². The number of hydrogen-bond donors (Lipinski definition) is 4. The predicted octanol–water partition coefficient (Wildman–Crippen LogP) is 4.00. The lowest BCUT2D eigenvalue weighted by atomic mass is 9.92. The van der Waals surface area contributed by atoms with E-state index in [9.17, 15) is 18.8 Å². The number of nitriles is 1. The molecule has 0 radical (unpaired) electrons. The monoisotopic (exact) mass is 557 g/mol. The average Bonchev–Trinajstić information content (AvgIpc) is 3.72. The fraction of sp³-hybridized carbons (Fsp3) is 0.500.